The van der Waals surface area contributed by atoms with Crippen molar-refractivity contribution in [3.63, 3.8) is 0 Å². The largest absolute Gasteiger partial charge is 0.383 e. The van der Waals surface area contributed by atoms with Crippen molar-refractivity contribution in [2.24, 2.45) is 0 Å². The molecule has 1 aliphatic rings. The summed E-state index contributed by atoms with van der Waals surface area (Å²) in [5.74, 6) is -0.0955. The Morgan fingerprint density at radius 3 is 3.00 bits per heavy atom. The number of methoxy groups -OCH3 is 1. The topological polar surface area (TPSA) is 70.7 Å². The van der Waals surface area contributed by atoms with Crippen LogP contribution in [0, 0.1) is 0 Å². The lowest BCUT2D eigenvalue weighted by atomic mass is 10.2. The van der Waals surface area contributed by atoms with Crippen LogP contribution in [0.4, 0.5) is 0 Å². The third-order valence-electron chi connectivity index (χ3n) is 3.63. The second kappa shape index (κ2) is 8.87. The lowest BCUT2D eigenvalue weighted by Crippen LogP contribution is -2.47. The molecule has 1 aromatic heterocycles. The van der Waals surface area contributed by atoms with Crippen molar-refractivity contribution in [1.29, 1.82) is 0 Å². The highest BCUT2D eigenvalue weighted by atomic mass is 32.1. The lowest BCUT2D eigenvalue weighted by Gasteiger charge is -2.23. The highest BCUT2D eigenvalue weighted by molar-refractivity contribution is 7.12. The zero-order valence-corrected chi connectivity index (χ0v) is 13.7. The maximum absolute atomic E-state index is 12.4. The van der Waals surface area contributed by atoms with Gasteiger partial charge in [-0.1, -0.05) is 6.07 Å². The molecule has 6 nitrogen and oxygen atoms in total. The molecule has 1 fully saturated rings. The molecule has 0 saturated carbocycles. The van der Waals surface area contributed by atoms with Crippen LogP contribution in [-0.4, -0.2) is 62.7 Å². The van der Waals surface area contributed by atoms with Gasteiger partial charge in [0.15, 0.2) is 0 Å². The number of thiophene rings is 1. The van der Waals surface area contributed by atoms with Gasteiger partial charge in [0.25, 0.3) is 5.91 Å². The lowest BCUT2D eigenvalue weighted by molar-refractivity contribution is -0.124. The van der Waals surface area contributed by atoms with E-state index in [1.165, 1.54) is 11.3 Å². The number of nitrogens with zero attached hydrogens (tertiary/aromatic N) is 1. The summed E-state index contributed by atoms with van der Waals surface area (Å²) < 4.78 is 4.93. The molecule has 7 heteroatoms. The Hall–Kier alpha value is -1.44. The van der Waals surface area contributed by atoms with Crippen molar-refractivity contribution >= 4 is 23.2 Å². The van der Waals surface area contributed by atoms with Crippen LogP contribution in [0.15, 0.2) is 17.5 Å². The van der Waals surface area contributed by atoms with Crippen molar-refractivity contribution in [3.8, 4) is 0 Å². The van der Waals surface area contributed by atoms with E-state index in [0.29, 0.717) is 31.1 Å². The Kier molecular flexibility index (Phi) is 6.82. The molecular formula is C15H23N3O3S. The fourth-order valence-electron chi connectivity index (χ4n) is 2.52. The van der Waals surface area contributed by atoms with E-state index in [0.717, 1.165) is 19.4 Å². The quantitative estimate of drug-likeness (QED) is 0.691. The summed E-state index contributed by atoms with van der Waals surface area (Å²) >= 11 is 1.42. The second-order valence-corrected chi connectivity index (χ2v) is 6.12. The van der Waals surface area contributed by atoms with Gasteiger partial charge in [-0.05, 0) is 24.3 Å². The SMILES string of the molecule is COCCNCCNC(=O)C1CCCN1C(=O)c1cccs1. The van der Waals surface area contributed by atoms with Crippen molar-refractivity contribution < 1.29 is 14.3 Å². The molecule has 2 rings (SSSR count). The first-order valence-corrected chi connectivity index (χ1v) is 8.44. The third-order valence-corrected chi connectivity index (χ3v) is 4.49. The summed E-state index contributed by atoms with van der Waals surface area (Å²) in [4.78, 5) is 27.1. The summed E-state index contributed by atoms with van der Waals surface area (Å²) in [6.07, 6.45) is 1.61. The fraction of sp³-hybridized carbons (Fsp3) is 0.600. The standard InChI is InChI=1S/C15H23N3O3S/c1-21-10-8-16-6-7-17-14(19)12-4-2-9-18(12)15(20)13-5-3-11-22-13/h3,5,11-12,16H,2,4,6-10H2,1H3,(H,17,19). The van der Waals surface area contributed by atoms with Crippen LogP contribution in [0.3, 0.4) is 0 Å². The minimum absolute atomic E-state index is 0.0362. The number of nitrogens with one attached hydrogen (secondary N) is 2. The zero-order valence-electron chi connectivity index (χ0n) is 12.8. The molecule has 2 heterocycles. The van der Waals surface area contributed by atoms with Gasteiger partial charge in [-0.2, -0.15) is 0 Å². The van der Waals surface area contributed by atoms with Crippen molar-refractivity contribution in [3.05, 3.63) is 22.4 Å². The highest BCUT2D eigenvalue weighted by Crippen LogP contribution is 2.22. The number of amides is 2. The summed E-state index contributed by atoms with van der Waals surface area (Å²) in [5.41, 5.74) is 0. The molecule has 1 aromatic rings. The van der Waals surface area contributed by atoms with E-state index in [9.17, 15) is 9.59 Å². The zero-order chi connectivity index (χ0) is 15.8. The number of carbonyl (C=O) groups is 2. The Labute approximate surface area is 134 Å². The van der Waals surface area contributed by atoms with Crippen molar-refractivity contribution in [2.75, 3.05) is 39.9 Å². The molecule has 122 valence electrons. The molecule has 1 saturated heterocycles. The molecule has 0 bridgehead atoms. The maximum atomic E-state index is 12.4. The van der Waals surface area contributed by atoms with E-state index in [2.05, 4.69) is 10.6 Å². The number of hydrogen-bond acceptors (Lipinski definition) is 5. The van der Waals surface area contributed by atoms with Gasteiger partial charge in [0.05, 0.1) is 11.5 Å². The van der Waals surface area contributed by atoms with Crippen LogP contribution in [-0.2, 0) is 9.53 Å². The third kappa shape index (κ3) is 4.53. The Balaban J connectivity index is 1.77. The van der Waals surface area contributed by atoms with Gasteiger partial charge in [0, 0.05) is 33.3 Å². The molecule has 0 aliphatic carbocycles. The second-order valence-electron chi connectivity index (χ2n) is 5.17. The van der Waals surface area contributed by atoms with Crippen molar-refractivity contribution in [2.45, 2.75) is 18.9 Å². The monoisotopic (exact) mass is 325 g/mol. The predicted octanol–water partition coefficient (Wildman–Crippen LogP) is 0.705. The minimum atomic E-state index is -0.339. The molecular weight excluding hydrogens is 302 g/mol. The van der Waals surface area contributed by atoms with Crippen LogP contribution in [0.2, 0.25) is 0 Å². The molecule has 1 unspecified atom stereocenters. The Morgan fingerprint density at radius 2 is 2.27 bits per heavy atom. The molecule has 2 amide bonds. The summed E-state index contributed by atoms with van der Waals surface area (Å²) in [5, 5.41) is 7.95. The van der Waals surface area contributed by atoms with Gasteiger partial charge in [-0.3, -0.25) is 9.59 Å². The first kappa shape index (κ1) is 16.9. The molecule has 22 heavy (non-hydrogen) atoms. The molecule has 1 aliphatic heterocycles. The van der Waals surface area contributed by atoms with Crippen LogP contribution in [0.1, 0.15) is 22.5 Å². The highest BCUT2D eigenvalue weighted by Gasteiger charge is 2.34. The average Bonchev–Trinajstić information content (AvgIpc) is 3.21. The maximum Gasteiger partial charge on any atom is 0.264 e. The van der Waals surface area contributed by atoms with E-state index >= 15 is 0 Å². The number of hydrogen-bond donors (Lipinski definition) is 2. The van der Waals surface area contributed by atoms with Gasteiger partial charge in [-0.15, -0.1) is 11.3 Å². The first-order valence-electron chi connectivity index (χ1n) is 7.56. The summed E-state index contributed by atoms with van der Waals surface area (Å²) in [7, 11) is 1.66. The van der Waals surface area contributed by atoms with Gasteiger partial charge in [-0.25, -0.2) is 0 Å². The van der Waals surface area contributed by atoms with E-state index in [-0.39, 0.29) is 17.9 Å². The van der Waals surface area contributed by atoms with Crippen LogP contribution >= 0.6 is 11.3 Å². The normalized spacial score (nSPS) is 17.7. The molecule has 0 radical (unpaired) electrons. The summed E-state index contributed by atoms with van der Waals surface area (Å²) in [6.45, 7) is 3.32. The predicted molar refractivity (Wildman–Crippen MR) is 86.1 cm³/mol. The molecule has 2 N–H and O–H groups in total. The van der Waals surface area contributed by atoms with Crippen LogP contribution < -0.4 is 10.6 Å². The average molecular weight is 325 g/mol. The van der Waals surface area contributed by atoms with Gasteiger partial charge in [0.1, 0.15) is 6.04 Å². The van der Waals surface area contributed by atoms with E-state index in [1.807, 2.05) is 11.4 Å². The first-order chi connectivity index (χ1) is 10.7. The Bertz CT molecular complexity index is 478. The number of rotatable bonds is 8. The fourth-order valence-corrected chi connectivity index (χ4v) is 3.19. The number of ether oxygens (including phenoxy) is 1. The van der Waals surface area contributed by atoms with E-state index in [1.54, 1.807) is 18.1 Å². The molecule has 1 atom stereocenters. The number of carbonyl (C=O) groups excluding carboxylic acids is 2. The van der Waals surface area contributed by atoms with Crippen LogP contribution in [0.5, 0.6) is 0 Å². The van der Waals surface area contributed by atoms with Gasteiger partial charge < -0.3 is 20.3 Å². The Morgan fingerprint density at radius 1 is 1.41 bits per heavy atom. The van der Waals surface area contributed by atoms with E-state index in [4.69, 9.17) is 4.74 Å². The minimum Gasteiger partial charge on any atom is -0.383 e. The van der Waals surface area contributed by atoms with Crippen molar-refractivity contribution in [1.82, 2.24) is 15.5 Å². The molecule has 0 aromatic carbocycles. The summed E-state index contributed by atoms with van der Waals surface area (Å²) in [6, 6.07) is 3.32. The molecule has 0 spiro atoms. The number of likely N-dealkylation sites (tertiary alicyclic amines) is 1. The van der Waals surface area contributed by atoms with E-state index < -0.39 is 0 Å². The van der Waals surface area contributed by atoms with Gasteiger partial charge >= 0.3 is 0 Å². The van der Waals surface area contributed by atoms with Gasteiger partial charge in [0.2, 0.25) is 5.91 Å². The smallest absolute Gasteiger partial charge is 0.264 e. The van der Waals surface area contributed by atoms with Crippen LogP contribution in [0.25, 0.3) is 0 Å².